The summed E-state index contributed by atoms with van der Waals surface area (Å²) in [6.45, 7) is 0. The Morgan fingerprint density at radius 1 is 1.16 bits per heavy atom. The lowest BCUT2D eigenvalue weighted by atomic mass is 9.93. The van der Waals surface area contributed by atoms with Crippen molar-refractivity contribution in [2.45, 2.75) is 18.5 Å². The first kappa shape index (κ1) is 20.6. The SMILES string of the molecule is COC(=O)C1=C(C(F)(F)F)N2c3ccccc3C=C[C@H]2O[C@H]1c1ccccc1[N+](=O)[O-]. The summed E-state index contributed by atoms with van der Waals surface area (Å²) >= 11 is 0. The highest BCUT2D eigenvalue weighted by Crippen LogP contribution is 2.49. The number of nitro groups is 1. The standard InChI is InChI=1S/C21H15F3N2O5/c1-30-20(27)17-18(13-7-3-5-9-15(13)26(28)29)31-16-11-10-12-6-2-4-8-14(12)25(16)19(17)21(22,23)24/h2-11,16,18H,1H3/t16-,18+/m1/s1. The van der Waals surface area contributed by atoms with Crippen molar-refractivity contribution in [2.24, 2.45) is 0 Å². The zero-order chi connectivity index (χ0) is 22.3. The largest absolute Gasteiger partial charge is 0.466 e. The lowest BCUT2D eigenvalue weighted by Gasteiger charge is -2.44. The third-order valence-electron chi connectivity index (χ3n) is 5.01. The van der Waals surface area contributed by atoms with Crippen molar-refractivity contribution < 1.29 is 32.4 Å². The molecule has 0 amide bonds. The first-order chi connectivity index (χ1) is 14.7. The summed E-state index contributed by atoms with van der Waals surface area (Å²) in [7, 11) is 0.940. The van der Waals surface area contributed by atoms with Gasteiger partial charge in [0.2, 0.25) is 0 Å². The van der Waals surface area contributed by atoms with E-state index in [-0.39, 0.29) is 11.3 Å². The van der Waals surface area contributed by atoms with Gasteiger partial charge in [-0.15, -0.1) is 0 Å². The summed E-state index contributed by atoms with van der Waals surface area (Å²) < 4.78 is 53.6. The van der Waals surface area contributed by atoms with E-state index in [1.165, 1.54) is 30.3 Å². The smallest absolute Gasteiger partial charge is 0.432 e. The van der Waals surface area contributed by atoms with Gasteiger partial charge in [-0.3, -0.25) is 10.1 Å². The summed E-state index contributed by atoms with van der Waals surface area (Å²) in [6.07, 6.45) is -4.88. The van der Waals surface area contributed by atoms with Crippen LogP contribution in [0.15, 0.2) is 65.9 Å². The van der Waals surface area contributed by atoms with E-state index in [2.05, 4.69) is 4.74 Å². The average Bonchev–Trinajstić information content (AvgIpc) is 2.76. The zero-order valence-corrected chi connectivity index (χ0v) is 16.0. The minimum Gasteiger partial charge on any atom is -0.466 e. The predicted octanol–water partition coefficient (Wildman–Crippen LogP) is 4.52. The number of nitrogens with zero attached hydrogens (tertiary/aromatic N) is 2. The van der Waals surface area contributed by atoms with Crippen LogP contribution in [-0.2, 0) is 14.3 Å². The number of para-hydroxylation sites is 2. The number of carbonyl (C=O) groups is 1. The van der Waals surface area contributed by atoms with Crippen LogP contribution >= 0.6 is 0 Å². The number of benzene rings is 2. The molecule has 2 atom stereocenters. The quantitative estimate of drug-likeness (QED) is 0.403. The fraction of sp³-hybridized carbons (Fsp3) is 0.190. The number of rotatable bonds is 3. The molecule has 2 heterocycles. The Kier molecular flexibility index (Phi) is 5.02. The number of alkyl halides is 3. The Labute approximate surface area is 174 Å². The number of nitro benzene ring substituents is 1. The molecule has 4 rings (SSSR count). The molecule has 160 valence electrons. The lowest BCUT2D eigenvalue weighted by Crippen LogP contribution is -2.49. The summed E-state index contributed by atoms with van der Waals surface area (Å²) in [5.74, 6) is -1.29. The van der Waals surface area contributed by atoms with E-state index in [4.69, 9.17) is 4.74 Å². The van der Waals surface area contributed by atoms with Gasteiger partial charge in [0.15, 0.2) is 6.23 Å². The number of halogens is 3. The molecule has 10 heteroatoms. The monoisotopic (exact) mass is 432 g/mol. The minimum atomic E-state index is -4.98. The third-order valence-corrected chi connectivity index (χ3v) is 5.01. The third kappa shape index (κ3) is 3.44. The summed E-state index contributed by atoms with van der Waals surface area (Å²) in [4.78, 5) is 24.2. The Hall–Kier alpha value is -3.66. The van der Waals surface area contributed by atoms with E-state index in [9.17, 15) is 28.1 Å². The van der Waals surface area contributed by atoms with Gasteiger partial charge in [0.25, 0.3) is 5.69 Å². The first-order valence-electron chi connectivity index (χ1n) is 9.09. The van der Waals surface area contributed by atoms with Crippen molar-refractivity contribution in [2.75, 3.05) is 12.0 Å². The number of esters is 1. The first-order valence-corrected chi connectivity index (χ1v) is 9.09. The van der Waals surface area contributed by atoms with Gasteiger partial charge >= 0.3 is 12.1 Å². The maximum Gasteiger partial charge on any atom is 0.432 e. The zero-order valence-electron chi connectivity index (χ0n) is 16.0. The molecule has 2 aromatic rings. The molecule has 0 unspecified atom stereocenters. The second kappa shape index (κ2) is 7.55. The Bertz CT molecular complexity index is 1130. The van der Waals surface area contributed by atoms with Gasteiger partial charge in [-0.2, -0.15) is 13.2 Å². The van der Waals surface area contributed by atoms with Crippen molar-refractivity contribution in [3.63, 3.8) is 0 Å². The van der Waals surface area contributed by atoms with Gasteiger partial charge in [-0.25, -0.2) is 4.79 Å². The normalized spacial score (nSPS) is 20.2. The van der Waals surface area contributed by atoms with Crippen LogP contribution in [0.2, 0.25) is 0 Å². The second-order valence-electron chi connectivity index (χ2n) is 6.76. The minimum absolute atomic E-state index is 0.179. The van der Waals surface area contributed by atoms with E-state index in [1.807, 2.05) is 0 Å². The molecule has 0 aromatic heterocycles. The fourth-order valence-corrected chi connectivity index (χ4v) is 3.78. The highest BCUT2D eigenvalue weighted by molar-refractivity contribution is 5.93. The van der Waals surface area contributed by atoms with Crippen LogP contribution in [0.5, 0.6) is 0 Å². The van der Waals surface area contributed by atoms with Crippen LogP contribution in [0.3, 0.4) is 0 Å². The van der Waals surface area contributed by atoms with Crippen molar-refractivity contribution in [3.8, 4) is 0 Å². The summed E-state index contributed by atoms with van der Waals surface area (Å²) in [5, 5.41) is 11.5. The van der Waals surface area contributed by atoms with Crippen LogP contribution in [0.25, 0.3) is 6.08 Å². The van der Waals surface area contributed by atoms with Crippen molar-refractivity contribution in [1.29, 1.82) is 0 Å². The molecule has 0 saturated carbocycles. The molecular formula is C21H15F3N2O5. The van der Waals surface area contributed by atoms with Crippen LogP contribution < -0.4 is 4.90 Å². The van der Waals surface area contributed by atoms with Gasteiger partial charge in [0.05, 0.1) is 28.9 Å². The molecule has 31 heavy (non-hydrogen) atoms. The van der Waals surface area contributed by atoms with Gasteiger partial charge in [-0.1, -0.05) is 36.4 Å². The molecule has 0 aliphatic carbocycles. The predicted molar refractivity (Wildman–Crippen MR) is 104 cm³/mol. The molecule has 2 aromatic carbocycles. The van der Waals surface area contributed by atoms with E-state index in [0.29, 0.717) is 5.56 Å². The lowest BCUT2D eigenvalue weighted by molar-refractivity contribution is -0.386. The summed E-state index contributed by atoms with van der Waals surface area (Å²) in [5.41, 5.74) is -2.10. The number of allylic oxidation sites excluding steroid dienone is 1. The molecule has 0 N–H and O–H groups in total. The average molecular weight is 432 g/mol. The Morgan fingerprint density at radius 3 is 2.52 bits per heavy atom. The number of fused-ring (bicyclic) bond motifs is 3. The van der Waals surface area contributed by atoms with Gasteiger partial charge in [0, 0.05) is 6.07 Å². The van der Waals surface area contributed by atoms with Crippen LogP contribution in [0.4, 0.5) is 24.5 Å². The van der Waals surface area contributed by atoms with E-state index in [0.717, 1.165) is 18.1 Å². The van der Waals surface area contributed by atoms with Crippen molar-refractivity contribution in [3.05, 3.63) is 87.1 Å². The van der Waals surface area contributed by atoms with E-state index in [1.54, 1.807) is 24.3 Å². The van der Waals surface area contributed by atoms with Crippen molar-refractivity contribution in [1.82, 2.24) is 0 Å². The highest BCUT2D eigenvalue weighted by atomic mass is 19.4. The highest BCUT2D eigenvalue weighted by Gasteiger charge is 2.52. The molecule has 0 radical (unpaired) electrons. The number of hydrogen-bond acceptors (Lipinski definition) is 6. The van der Waals surface area contributed by atoms with Gasteiger partial charge in [-0.05, 0) is 23.8 Å². The van der Waals surface area contributed by atoms with E-state index >= 15 is 0 Å². The number of ether oxygens (including phenoxy) is 2. The summed E-state index contributed by atoms with van der Waals surface area (Å²) in [6, 6.07) is 11.5. The molecule has 0 bridgehead atoms. The van der Waals surface area contributed by atoms with Crippen LogP contribution in [-0.4, -0.2) is 30.4 Å². The molecule has 2 aliphatic heterocycles. The maximum absolute atomic E-state index is 14.4. The molecule has 2 aliphatic rings. The molecule has 7 nitrogen and oxygen atoms in total. The molecule has 0 saturated heterocycles. The fourth-order valence-electron chi connectivity index (χ4n) is 3.78. The van der Waals surface area contributed by atoms with Crippen LogP contribution in [0.1, 0.15) is 17.2 Å². The second-order valence-corrected chi connectivity index (χ2v) is 6.76. The Morgan fingerprint density at radius 2 is 1.84 bits per heavy atom. The Balaban J connectivity index is 2.03. The van der Waals surface area contributed by atoms with Gasteiger partial charge in [0.1, 0.15) is 11.8 Å². The molecule has 0 spiro atoms. The van der Waals surface area contributed by atoms with Crippen molar-refractivity contribution >= 4 is 23.4 Å². The maximum atomic E-state index is 14.4. The number of methoxy groups -OCH3 is 1. The molecule has 0 fully saturated rings. The van der Waals surface area contributed by atoms with E-state index < -0.39 is 46.4 Å². The number of hydrogen-bond donors (Lipinski definition) is 0. The van der Waals surface area contributed by atoms with Crippen LogP contribution in [0, 0.1) is 10.1 Å². The topological polar surface area (TPSA) is 81.9 Å². The number of carbonyl (C=O) groups excluding carboxylic acids is 1. The molecular weight excluding hydrogens is 417 g/mol. The van der Waals surface area contributed by atoms with Gasteiger partial charge < -0.3 is 14.4 Å². The number of anilines is 1.